The van der Waals surface area contributed by atoms with Crippen LogP contribution >= 0.6 is 0 Å². The van der Waals surface area contributed by atoms with Crippen LogP contribution in [0.15, 0.2) is 36.4 Å². The van der Waals surface area contributed by atoms with Gasteiger partial charge in [-0.25, -0.2) is 0 Å². The average molecular weight is 362 g/mol. The van der Waals surface area contributed by atoms with Gasteiger partial charge in [-0.05, 0) is 43.2 Å². The van der Waals surface area contributed by atoms with Crippen molar-refractivity contribution in [2.45, 2.75) is 20.4 Å². The van der Waals surface area contributed by atoms with Gasteiger partial charge in [0.1, 0.15) is 6.61 Å². The zero-order chi connectivity index (χ0) is 19.4. The summed E-state index contributed by atoms with van der Waals surface area (Å²) in [5, 5.41) is 4.03. The molecule has 0 unspecified atom stereocenters. The van der Waals surface area contributed by atoms with Gasteiger partial charge >= 0.3 is 0 Å². The molecule has 0 bridgehead atoms. The molecule has 0 fully saturated rings. The lowest BCUT2D eigenvalue weighted by Crippen LogP contribution is -2.23. The van der Waals surface area contributed by atoms with Gasteiger partial charge in [-0.15, -0.1) is 6.42 Å². The topological polar surface area (TPSA) is 63.3 Å². The van der Waals surface area contributed by atoms with Crippen LogP contribution in [-0.4, -0.2) is 24.6 Å². The van der Waals surface area contributed by atoms with Crippen LogP contribution < -0.4 is 14.8 Å². The Hall–Kier alpha value is -3.39. The Labute approximate surface area is 158 Å². The first-order valence-electron chi connectivity index (χ1n) is 8.64. The molecule has 0 aliphatic rings. The number of amides is 1. The molecule has 5 nitrogen and oxygen atoms in total. The number of nitrogens with one attached hydrogen (secondary N) is 2. The monoisotopic (exact) mass is 362 g/mol. The number of hydrogen-bond acceptors (Lipinski definition) is 3. The van der Waals surface area contributed by atoms with Gasteiger partial charge < -0.3 is 19.8 Å². The first kappa shape index (κ1) is 18.4. The normalized spacial score (nSPS) is 10.4. The van der Waals surface area contributed by atoms with E-state index in [1.165, 1.54) is 0 Å². The summed E-state index contributed by atoms with van der Waals surface area (Å²) in [7, 11) is 1.57. The molecular weight excluding hydrogens is 340 g/mol. The summed E-state index contributed by atoms with van der Waals surface area (Å²) in [4.78, 5) is 16.0. The summed E-state index contributed by atoms with van der Waals surface area (Å²) in [6.07, 6.45) is 5.25. The fraction of sp³-hybridized carbons (Fsp3) is 0.227. The molecular formula is C22H22N2O3. The Morgan fingerprint density at radius 1 is 1.22 bits per heavy atom. The lowest BCUT2D eigenvalue weighted by Gasteiger charge is -2.11. The minimum atomic E-state index is -0.135. The highest BCUT2D eigenvalue weighted by Gasteiger charge is 2.14. The van der Waals surface area contributed by atoms with E-state index in [1.54, 1.807) is 13.2 Å². The van der Waals surface area contributed by atoms with Crippen LogP contribution in [0.3, 0.4) is 0 Å². The summed E-state index contributed by atoms with van der Waals surface area (Å²) in [5.41, 5.74) is 4.60. The molecule has 138 valence electrons. The predicted molar refractivity (Wildman–Crippen MR) is 106 cm³/mol. The SMILES string of the molecule is C#CCOc1cc(CNC(=O)c2cccc3c(C)c(C)[nH]c23)ccc1OC. The molecule has 3 aromatic rings. The van der Waals surface area contributed by atoms with E-state index < -0.39 is 0 Å². The summed E-state index contributed by atoms with van der Waals surface area (Å²) in [5.74, 6) is 3.45. The number of terminal acetylenes is 1. The molecule has 0 radical (unpaired) electrons. The molecule has 1 aromatic heterocycles. The molecule has 1 heterocycles. The van der Waals surface area contributed by atoms with Crippen molar-refractivity contribution in [2.75, 3.05) is 13.7 Å². The first-order valence-corrected chi connectivity index (χ1v) is 8.64. The van der Waals surface area contributed by atoms with Crippen molar-refractivity contribution in [3.8, 4) is 23.8 Å². The lowest BCUT2D eigenvalue weighted by molar-refractivity contribution is 0.0952. The summed E-state index contributed by atoms with van der Waals surface area (Å²) < 4.78 is 10.8. The van der Waals surface area contributed by atoms with E-state index in [2.05, 4.69) is 16.2 Å². The van der Waals surface area contributed by atoms with Gasteiger partial charge in [0.15, 0.2) is 11.5 Å². The third-order valence-electron chi connectivity index (χ3n) is 4.58. The fourth-order valence-corrected chi connectivity index (χ4v) is 3.01. The highest BCUT2D eigenvalue weighted by molar-refractivity contribution is 6.06. The number of aromatic amines is 1. The van der Waals surface area contributed by atoms with Crippen molar-refractivity contribution in [3.05, 3.63) is 58.8 Å². The maximum absolute atomic E-state index is 12.7. The van der Waals surface area contributed by atoms with Crippen molar-refractivity contribution >= 4 is 16.8 Å². The molecule has 2 N–H and O–H groups in total. The number of H-pyrrole nitrogens is 1. The van der Waals surface area contributed by atoms with Crippen LogP contribution in [0.2, 0.25) is 0 Å². The zero-order valence-corrected chi connectivity index (χ0v) is 15.7. The number of fused-ring (bicyclic) bond motifs is 1. The maximum Gasteiger partial charge on any atom is 0.253 e. The Kier molecular flexibility index (Phi) is 5.37. The molecule has 0 spiro atoms. The van der Waals surface area contributed by atoms with Crippen LogP contribution in [-0.2, 0) is 6.54 Å². The molecule has 2 aromatic carbocycles. The van der Waals surface area contributed by atoms with Crippen molar-refractivity contribution < 1.29 is 14.3 Å². The molecule has 27 heavy (non-hydrogen) atoms. The highest BCUT2D eigenvalue weighted by Crippen LogP contribution is 2.28. The van der Waals surface area contributed by atoms with Crippen molar-refractivity contribution in [2.24, 2.45) is 0 Å². The second-order valence-electron chi connectivity index (χ2n) is 6.26. The number of carbonyl (C=O) groups is 1. The van der Waals surface area contributed by atoms with Crippen LogP contribution in [0.5, 0.6) is 11.5 Å². The Bertz CT molecular complexity index is 1030. The summed E-state index contributed by atoms with van der Waals surface area (Å²) in [6.45, 7) is 4.57. The number of carbonyl (C=O) groups excluding carboxylic acids is 1. The fourth-order valence-electron chi connectivity index (χ4n) is 3.01. The average Bonchev–Trinajstić information content (AvgIpc) is 2.98. The Balaban J connectivity index is 1.78. The van der Waals surface area contributed by atoms with Gasteiger partial charge in [0.25, 0.3) is 5.91 Å². The number of methoxy groups -OCH3 is 1. The minimum absolute atomic E-state index is 0.135. The smallest absolute Gasteiger partial charge is 0.253 e. The summed E-state index contributed by atoms with van der Waals surface area (Å²) in [6, 6.07) is 11.2. The van der Waals surface area contributed by atoms with E-state index in [0.717, 1.165) is 27.7 Å². The third kappa shape index (κ3) is 3.75. The van der Waals surface area contributed by atoms with E-state index in [1.807, 2.05) is 44.2 Å². The number of aromatic nitrogens is 1. The molecule has 1 amide bonds. The van der Waals surface area contributed by atoms with Crippen molar-refractivity contribution in [3.63, 3.8) is 0 Å². The number of benzene rings is 2. The lowest BCUT2D eigenvalue weighted by atomic mass is 10.1. The number of para-hydroxylation sites is 1. The second-order valence-corrected chi connectivity index (χ2v) is 6.26. The molecule has 0 saturated carbocycles. The number of aryl methyl sites for hydroxylation is 2. The van der Waals surface area contributed by atoms with Gasteiger partial charge in [0, 0.05) is 17.6 Å². The molecule has 0 atom stereocenters. The number of ether oxygens (including phenoxy) is 2. The highest BCUT2D eigenvalue weighted by atomic mass is 16.5. The van der Waals surface area contributed by atoms with Gasteiger partial charge in [0.05, 0.1) is 18.2 Å². The van der Waals surface area contributed by atoms with Gasteiger partial charge in [-0.3, -0.25) is 4.79 Å². The molecule has 0 aliphatic carbocycles. The van der Waals surface area contributed by atoms with E-state index in [9.17, 15) is 4.79 Å². The third-order valence-corrected chi connectivity index (χ3v) is 4.58. The first-order chi connectivity index (χ1) is 13.0. The molecule has 3 rings (SSSR count). The van der Waals surface area contributed by atoms with E-state index in [4.69, 9.17) is 15.9 Å². The number of hydrogen-bond donors (Lipinski definition) is 2. The zero-order valence-electron chi connectivity index (χ0n) is 15.7. The van der Waals surface area contributed by atoms with Crippen LogP contribution in [0, 0.1) is 26.2 Å². The Morgan fingerprint density at radius 2 is 2.04 bits per heavy atom. The standard InChI is InChI=1S/C22H22N2O3/c1-5-11-27-20-12-16(9-10-19(20)26-4)13-23-22(25)18-8-6-7-17-14(2)15(3)24-21(17)18/h1,6-10,12,24H,11,13H2,2-4H3,(H,23,25). The van der Waals surface area contributed by atoms with Crippen molar-refractivity contribution in [1.82, 2.24) is 10.3 Å². The van der Waals surface area contributed by atoms with Crippen LogP contribution in [0.4, 0.5) is 0 Å². The molecule has 0 aliphatic heterocycles. The largest absolute Gasteiger partial charge is 0.493 e. The van der Waals surface area contributed by atoms with Crippen LogP contribution in [0.25, 0.3) is 10.9 Å². The van der Waals surface area contributed by atoms with E-state index in [0.29, 0.717) is 23.6 Å². The summed E-state index contributed by atoms with van der Waals surface area (Å²) >= 11 is 0. The van der Waals surface area contributed by atoms with Gasteiger partial charge in [-0.1, -0.05) is 24.1 Å². The predicted octanol–water partition coefficient (Wildman–Crippen LogP) is 3.74. The van der Waals surface area contributed by atoms with Crippen LogP contribution in [0.1, 0.15) is 27.2 Å². The second kappa shape index (κ2) is 7.88. The van der Waals surface area contributed by atoms with E-state index >= 15 is 0 Å². The Morgan fingerprint density at radius 3 is 2.78 bits per heavy atom. The van der Waals surface area contributed by atoms with Gasteiger partial charge in [-0.2, -0.15) is 0 Å². The minimum Gasteiger partial charge on any atom is -0.493 e. The quantitative estimate of drug-likeness (QED) is 0.657. The van der Waals surface area contributed by atoms with Gasteiger partial charge in [0.2, 0.25) is 0 Å². The van der Waals surface area contributed by atoms with E-state index in [-0.39, 0.29) is 12.5 Å². The molecule has 5 heteroatoms. The number of rotatable bonds is 6. The van der Waals surface area contributed by atoms with Crippen molar-refractivity contribution in [1.29, 1.82) is 0 Å². The molecule has 0 saturated heterocycles. The maximum atomic E-state index is 12.7.